The molecular formula is C13H18BrClO. The maximum absolute atomic E-state index is 5.92. The van der Waals surface area contributed by atoms with Gasteiger partial charge in [-0.3, -0.25) is 0 Å². The van der Waals surface area contributed by atoms with Gasteiger partial charge in [0.05, 0.1) is 6.61 Å². The summed E-state index contributed by atoms with van der Waals surface area (Å²) >= 11 is 9.36. The Hall–Kier alpha value is -0.210. The van der Waals surface area contributed by atoms with Crippen LogP contribution in [-0.4, -0.2) is 6.61 Å². The third-order valence-corrected chi connectivity index (χ3v) is 3.26. The van der Waals surface area contributed by atoms with E-state index in [-0.39, 0.29) is 0 Å². The van der Waals surface area contributed by atoms with Crippen LogP contribution < -0.4 is 4.74 Å². The summed E-state index contributed by atoms with van der Waals surface area (Å²) in [7, 11) is 0. The van der Waals surface area contributed by atoms with Gasteiger partial charge in [0.15, 0.2) is 0 Å². The van der Waals surface area contributed by atoms with Gasteiger partial charge in [-0.25, -0.2) is 0 Å². The highest BCUT2D eigenvalue weighted by Gasteiger charge is 2.03. The lowest BCUT2D eigenvalue weighted by molar-refractivity contribution is 0.303. The Morgan fingerprint density at radius 2 is 2.06 bits per heavy atom. The first-order valence-corrected chi connectivity index (χ1v) is 7.25. The molecule has 0 saturated heterocycles. The molecule has 1 aromatic rings. The number of unbranched alkanes of at least 4 members (excludes halogenated alkanes) is 3. The van der Waals surface area contributed by atoms with Crippen molar-refractivity contribution in [2.75, 3.05) is 6.61 Å². The first-order valence-electron chi connectivity index (χ1n) is 5.75. The molecule has 1 nitrogen and oxygen atoms in total. The minimum absolute atomic E-state index is 0.757. The zero-order chi connectivity index (χ0) is 11.8. The molecule has 0 saturated carbocycles. The predicted octanol–water partition coefficient (Wildman–Crippen LogP) is 5.19. The molecular weight excluding hydrogens is 287 g/mol. The van der Waals surface area contributed by atoms with Crippen LogP contribution in [0.1, 0.15) is 38.2 Å². The summed E-state index contributed by atoms with van der Waals surface area (Å²) in [5.41, 5.74) is 1.11. The lowest BCUT2D eigenvalue weighted by Gasteiger charge is -2.10. The molecule has 0 aliphatic heterocycles. The van der Waals surface area contributed by atoms with Crippen LogP contribution in [0.15, 0.2) is 18.2 Å². The number of rotatable bonds is 7. The Morgan fingerprint density at radius 3 is 2.75 bits per heavy atom. The monoisotopic (exact) mass is 304 g/mol. The maximum atomic E-state index is 5.92. The number of halogens is 2. The largest absolute Gasteiger partial charge is 0.493 e. The van der Waals surface area contributed by atoms with Gasteiger partial charge in [0.2, 0.25) is 0 Å². The number of benzene rings is 1. The van der Waals surface area contributed by atoms with E-state index in [0.717, 1.165) is 34.7 Å². The number of hydrogen-bond acceptors (Lipinski definition) is 1. The molecule has 0 heterocycles. The number of ether oxygens (including phenoxy) is 1. The molecule has 0 unspecified atom stereocenters. The Bertz CT molecular complexity index is 315. The molecule has 0 N–H and O–H groups in total. The number of hydrogen-bond donors (Lipinski definition) is 0. The molecule has 0 aliphatic carbocycles. The highest BCUT2D eigenvalue weighted by molar-refractivity contribution is 9.08. The third kappa shape index (κ3) is 4.75. The summed E-state index contributed by atoms with van der Waals surface area (Å²) < 4.78 is 5.74. The Labute approximate surface area is 111 Å². The Kier molecular flexibility index (Phi) is 6.90. The van der Waals surface area contributed by atoms with Crippen molar-refractivity contribution >= 4 is 27.5 Å². The zero-order valence-electron chi connectivity index (χ0n) is 9.64. The van der Waals surface area contributed by atoms with Crippen LogP contribution in [0.3, 0.4) is 0 Å². The molecule has 0 spiro atoms. The second kappa shape index (κ2) is 7.97. The molecule has 0 fully saturated rings. The first kappa shape index (κ1) is 13.9. The van der Waals surface area contributed by atoms with E-state index < -0.39 is 0 Å². The topological polar surface area (TPSA) is 9.23 Å². The van der Waals surface area contributed by atoms with E-state index in [1.54, 1.807) is 0 Å². The molecule has 0 aliphatic rings. The lowest BCUT2D eigenvalue weighted by atomic mass is 10.2. The lowest BCUT2D eigenvalue weighted by Crippen LogP contribution is -1.99. The summed E-state index contributed by atoms with van der Waals surface area (Å²) in [5.74, 6) is 0.942. The smallest absolute Gasteiger partial charge is 0.123 e. The van der Waals surface area contributed by atoms with Crippen LogP contribution in [0, 0.1) is 0 Å². The maximum Gasteiger partial charge on any atom is 0.123 e. The van der Waals surface area contributed by atoms with E-state index >= 15 is 0 Å². The summed E-state index contributed by atoms with van der Waals surface area (Å²) in [6, 6.07) is 5.76. The SMILES string of the molecule is CCCCCCOc1ccc(Cl)cc1CBr. The highest BCUT2D eigenvalue weighted by Crippen LogP contribution is 2.25. The molecule has 16 heavy (non-hydrogen) atoms. The van der Waals surface area contributed by atoms with E-state index in [4.69, 9.17) is 16.3 Å². The average molecular weight is 306 g/mol. The minimum Gasteiger partial charge on any atom is -0.493 e. The fraction of sp³-hybridized carbons (Fsp3) is 0.538. The van der Waals surface area contributed by atoms with Crippen molar-refractivity contribution in [3.63, 3.8) is 0 Å². The number of alkyl halides is 1. The molecule has 0 atom stereocenters. The van der Waals surface area contributed by atoms with Crippen molar-refractivity contribution in [3.8, 4) is 5.75 Å². The first-order chi connectivity index (χ1) is 7.77. The van der Waals surface area contributed by atoms with Gasteiger partial charge in [0.25, 0.3) is 0 Å². The van der Waals surface area contributed by atoms with Gasteiger partial charge in [-0.15, -0.1) is 0 Å². The summed E-state index contributed by atoms with van der Waals surface area (Å²) in [6.45, 7) is 3.00. The van der Waals surface area contributed by atoms with E-state index in [1.807, 2.05) is 18.2 Å². The van der Waals surface area contributed by atoms with Crippen LogP contribution in [0.4, 0.5) is 0 Å². The molecule has 90 valence electrons. The quantitative estimate of drug-likeness (QED) is 0.497. The van der Waals surface area contributed by atoms with E-state index in [1.165, 1.54) is 19.3 Å². The fourth-order valence-corrected chi connectivity index (χ4v) is 2.14. The van der Waals surface area contributed by atoms with Gasteiger partial charge in [0.1, 0.15) is 5.75 Å². The fourth-order valence-electron chi connectivity index (χ4n) is 1.50. The minimum atomic E-state index is 0.757. The van der Waals surface area contributed by atoms with Crippen molar-refractivity contribution in [1.82, 2.24) is 0 Å². The van der Waals surface area contributed by atoms with Crippen molar-refractivity contribution in [1.29, 1.82) is 0 Å². The Balaban J connectivity index is 2.41. The molecule has 1 aromatic carbocycles. The third-order valence-electron chi connectivity index (χ3n) is 2.42. The second-order valence-electron chi connectivity index (χ2n) is 3.79. The summed E-state index contributed by atoms with van der Waals surface area (Å²) in [5, 5.41) is 1.53. The van der Waals surface area contributed by atoms with Crippen LogP contribution in [0.2, 0.25) is 5.02 Å². The van der Waals surface area contributed by atoms with Gasteiger partial charge in [-0.05, 0) is 24.6 Å². The summed E-state index contributed by atoms with van der Waals surface area (Å²) in [4.78, 5) is 0. The molecule has 1 rings (SSSR count). The standard InChI is InChI=1S/C13H18BrClO/c1-2-3-4-5-8-16-13-7-6-12(15)9-11(13)10-14/h6-7,9H,2-5,8,10H2,1H3. The van der Waals surface area contributed by atoms with Crippen LogP contribution in [0.25, 0.3) is 0 Å². The van der Waals surface area contributed by atoms with Crippen LogP contribution >= 0.6 is 27.5 Å². The van der Waals surface area contributed by atoms with Crippen LogP contribution in [0.5, 0.6) is 5.75 Å². The van der Waals surface area contributed by atoms with Gasteiger partial charge in [0, 0.05) is 15.9 Å². The molecule has 0 aromatic heterocycles. The van der Waals surface area contributed by atoms with Gasteiger partial charge >= 0.3 is 0 Å². The molecule has 3 heteroatoms. The second-order valence-corrected chi connectivity index (χ2v) is 4.79. The van der Waals surface area contributed by atoms with Gasteiger partial charge in [-0.2, -0.15) is 0 Å². The zero-order valence-corrected chi connectivity index (χ0v) is 12.0. The highest BCUT2D eigenvalue weighted by atomic mass is 79.9. The van der Waals surface area contributed by atoms with E-state index in [0.29, 0.717) is 0 Å². The average Bonchev–Trinajstić information content (AvgIpc) is 2.30. The van der Waals surface area contributed by atoms with Crippen molar-refractivity contribution in [2.45, 2.75) is 37.9 Å². The van der Waals surface area contributed by atoms with E-state index in [2.05, 4.69) is 22.9 Å². The molecule has 0 radical (unpaired) electrons. The Morgan fingerprint density at radius 1 is 1.25 bits per heavy atom. The normalized spacial score (nSPS) is 10.4. The van der Waals surface area contributed by atoms with Crippen molar-refractivity contribution < 1.29 is 4.74 Å². The van der Waals surface area contributed by atoms with Crippen LogP contribution in [-0.2, 0) is 5.33 Å². The van der Waals surface area contributed by atoms with Gasteiger partial charge in [-0.1, -0.05) is 53.7 Å². The predicted molar refractivity (Wildman–Crippen MR) is 73.7 cm³/mol. The van der Waals surface area contributed by atoms with Crippen molar-refractivity contribution in [2.24, 2.45) is 0 Å². The molecule has 0 amide bonds. The molecule has 0 bridgehead atoms. The van der Waals surface area contributed by atoms with Crippen molar-refractivity contribution in [3.05, 3.63) is 28.8 Å². The summed E-state index contributed by atoms with van der Waals surface area (Å²) in [6.07, 6.45) is 4.91. The van der Waals surface area contributed by atoms with E-state index in [9.17, 15) is 0 Å². The van der Waals surface area contributed by atoms with Gasteiger partial charge < -0.3 is 4.74 Å².